The van der Waals surface area contributed by atoms with Gasteiger partial charge in [0.1, 0.15) is 0 Å². The normalized spacial score (nSPS) is 11.9. The molecule has 0 fully saturated rings. The molecule has 3 aromatic rings. The molecule has 2 aromatic carbocycles. The van der Waals surface area contributed by atoms with Crippen LogP contribution in [0.3, 0.4) is 0 Å². The summed E-state index contributed by atoms with van der Waals surface area (Å²) in [4.78, 5) is 4.65. The first-order valence-electron chi connectivity index (χ1n) is 7.40. The molecular weight excluding hydrogens is 242 g/mol. The van der Waals surface area contributed by atoms with Crippen LogP contribution in [0.5, 0.6) is 0 Å². The van der Waals surface area contributed by atoms with Crippen molar-refractivity contribution in [3.05, 3.63) is 53.7 Å². The maximum absolute atomic E-state index is 4.65. The number of rotatable bonds is 2. The third kappa shape index (κ3) is 1.98. The lowest BCUT2D eigenvalue weighted by molar-refractivity contribution is 0.867. The van der Waals surface area contributed by atoms with Crippen LogP contribution < -0.4 is 0 Å². The number of nitrogens with zero attached hydrogens (tertiary/aromatic N) is 1. The summed E-state index contributed by atoms with van der Waals surface area (Å²) >= 11 is 0. The number of hydrogen-bond donors (Lipinski definition) is 0. The fraction of sp³-hybridized carbons (Fsp3) is 0.316. The molecule has 0 N–H and O–H groups in total. The van der Waals surface area contributed by atoms with Crippen molar-refractivity contribution in [1.29, 1.82) is 0 Å². The molecule has 0 spiro atoms. The molecule has 0 saturated heterocycles. The van der Waals surface area contributed by atoms with Gasteiger partial charge in [-0.05, 0) is 40.5 Å². The average molecular weight is 263 g/mol. The minimum absolute atomic E-state index is 0.515. The summed E-state index contributed by atoms with van der Waals surface area (Å²) in [5.74, 6) is 1.03. The van der Waals surface area contributed by atoms with Crippen molar-refractivity contribution in [2.75, 3.05) is 0 Å². The van der Waals surface area contributed by atoms with E-state index in [4.69, 9.17) is 0 Å². The van der Waals surface area contributed by atoms with Gasteiger partial charge >= 0.3 is 0 Å². The van der Waals surface area contributed by atoms with Crippen molar-refractivity contribution in [3.8, 4) is 0 Å². The van der Waals surface area contributed by atoms with E-state index >= 15 is 0 Å². The van der Waals surface area contributed by atoms with Gasteiger partial charge in [-0.15, -0.1) is 0 Å². The van der Waals surface area contributed by atoms with E-state index in [1.54, 1.807) is 0 Å². The Bertz CT molecular complexity index is 764. The van der Waals surface area contributed by atoms with E-state index in [2.05, 4.69) is 69.1 Å². The monoisotopic (exact) mass is 263 g/mol. The summed E-state index contributed by atoms with van der Waals surface area (Å²) in [5, 5.41) is 3.92. The molecule has 0 saturated carbocycles. The highest BCUT2D eigenvalue weighted by atomic mass is 14.7. The van der Waals surface area contributed by atoms with Crippen LogP contribution in [0.15, 0.2) is 42.6 Å². The molecule has 0 atom stereocenters. The Labute approximate surface area is 120 Å². The van der Waals surface area contributed by atoms with Gasteiger partial charge in [0.2, 0.25) is 0 Å². The van der Waals surface area contributed by atoms with Crippen LogP contribution in [0.25, 0.3) is 21.7 Å². The quantitative estimate of drug-likeness (QED) is 0.546. The molecule has 1 heterocycles. The van der Waals surface area contributed by atoms with Gasteiger partial charge in [-0.3, -0.25) is 4.98 Å². The molecule has 1 heteroatoms. The fourth-order valence-electron chi connectivity index (χ4n) is 3.01. The molecule has 0 aliphatic heterocycles. The molecule has 0 amide bonds. The highest BCUT2D eigenvalue weighted by Gasteiger charge is 2.13. The van der Waals surface area contributed by atoms with Gasteiger partial charge in [0, 0.05) is 17.0 Å². The fourth-order valence-corrected chi connectivity index (χ4v) is 3.01. The molecule has 0 aliphatic carbocycles. The first kappa shape index (κ1) is 13.1. The first-order chi connectivity index (χ1) is 9.59. The topological polar surface area (TPSA) is 12.9 Å². The Hall–Kier alpha value is -1.89. The number of benzene rings is 2. The van der Waals surface area contributed by atoms with E-state index in [1.165, 1.54) is 27.3 Å². The second-order valence-corrected chi connectivity index (χ2v) is 6.12. The van der Waals surface area contributed by atoms with Crippen molar-refractivity contribution in [1.82, 2.24) is 4.98 Å². The summed E-state index contributed by atoms with van der Waals surface area (Å²) in [6.07, 6.45) is 1.94. The minimum atomic E-state index is 0.515. The summed E-state index contributed by atoms with van der Waals surface area (Å²) in [7, 11) is 0. The first-order valence-corrected chi connectivity index (χ1v) is 7.40. The molecule has 0 unspecified atom stereocenters. The maximum atomic E-state index is 4.65. The molecule has 0 aliphatic rings. The zero-order valence-corrected chi connectivity index (χ0v) is 12.6. The Balaban J connectivity index is 2.52. The van der Waals surface area contributed by atoms with Gasteiger partial charge in [-0.25, -0.2) is 0 Å². The number of pyridine rings is 1. The van der Waals surface area contributed by atoms with Crippen LogP contribution in [0.4, 0.5) is 0 Å². The van der Waals surface area contributed by atoms with Gasteiger partial charge < -0.3 is 0 Å². The highest BCUT2D eigenvalue weighted by Crippen LogP contribution is 2.34. The molecule has 1 nitrogen and oxygen atoms in total. The smallest absolute Gasteiger partial charge is 0.0783 e. The van der Waals surface area contributed by atoms with Crippen molar-refractivity contribution in [2.45, 2.75) is 39.5 Å². The van der Waals surface area contributed by atoms with Crippen LogP contribution in [0.2, 0.25) is 0 Å². The van der Waals surface area contributed by atoms with Gasteiger partial charge in [0.15, 0.2) is 0 Å². The molecular formula is C19H21N. The van der Waals surface area contributed by atoms with E-state index in [1.807, 2.05) is 6.20 Å². The lowest BCUT2D eigenvalue weighted by Gasteiger charge is -2.16. The lowest BCUT2D eigenvalue weighted by atomic mass is 9.90. The third-order valence-corrected chi connectivity index (χ3v) is 4.06. The minimum Gasteiger partial charge on any atom is -0.256 e. The maximum Gasteiger partial charge on any atom is 0.0783 e. The van der Waals surface area contributed by atoms with Crippen LogP contribution in [-0.2, 0) is 0 Å². The Morgan fingerprint density at radius 1 is 0.750 bits per heavy atom. The predicted molar refractivity (Wildman–Crippen MR) is 87.4 cm³/mol. The van der Waals surface area contributed by atoms with E-state index in [-0.39, 0.29) is 0 Å². The molecule has 0 radical (unpaired) electrons. The van der Waals surface area contributed by atoms with Crippen LogP contribution in [0.1, 0.15) is 50.7 Å². The second kappa shape index (κ2) is 4.90. The molecule has 20 heavy (non-hydrogen) atoms. The van der Waals surface area contributed by atoms with E-state index in [9.17, 15) is 0 Å². The number of aromatic nitrogens is 1. The lowest BCUT2D eigenvalue weighted by Crippen LogP contribution is -1.96. The van der Waals surface area contributed by atoms with Crippen molar-refractivity contribution < 1.29 is 0 Å². The highest BCUT2D eigenvalue weighted by molar-refractivity contribution is 6.08. The molecule has 102 valence electrons. The van der Waals surface area contributed by atoms with E-state index < -0.39 is 0 Å². The number of fused-ring (bicyclic) bond motifs is 3. The zero-order chi connectivity index (χ0) is 14.3. The molecule has 1 aromatic heterocycles. The molecule has 0 bridgehead atoms. The van der Waals surface area contributed by atoms with E-state index in [0.29, 0.717) is 11.8 Å². The van der Waals surface area contributed by atoms with Crippen LogP contribution in [0, 0.1) is 0 Å². The van der Waals surface area contributed by atoms with Crippen molar-refractivity contribution >= 4 is 21.7 Å². The Kier molecular flexibility index (Phi) is 3.21. The van der Waals surface area contributed by atoms with Crippen LogP contribution in [-0.4, -0.2) is 4.98 Å². The number of hydrogen-bond acceptors (Lipinski definition) is 1. The van der Waals surface area contributed by atoms with Crippen molar-refractivity contribution in [3.63, 3.8) is 0 Å². The average Bonchev–Trinajstić information content (AvgIpc) is 2.45. The standard InChI is InChI=1S/C19H21N/c1-12(2)14-9-10-20-19-16-8-6-5-7-15(16)17(13(3)4)11-18(14)19/h5-13H,1-4H3. The van der Waals surface area contributed by atoms with E-state index in [0.717, 1.165) is 5.52 Å². The Morgan fingerprint density at radius 3 is 2.05 bits per heavy atom. The Morgan fingerprint density at radius 2 is 1.40 bits per heavy atom. The van der Waals surface area contributed by atoms with Gasteiger partial charge in [0.25, 0.3) is 0 Å². The summed E-state index contributed by atoms with van der Waals surface area (Å²) in [6.45, 7) is 9.02. The largest absolute Gasteiger partial charge is 0.256 e. The second-order valence-electron chi connectivity index (χ2n) is 6.12. The summed E-state index contributed by atoms with van der Waals surface area (Å²) in [6, 6.07) is 13.1. The third-order valence-electron chi connectivity index (χ3n) is 4.06. The summed E-state index contributed by atoms with van der Waals surface area (Å²) in [5.41, 5.74) is 3.95. The molecule has 3 rings (SSSR count). The zero-order valence-electron chi connectivity index (χ0n) is 12.6. The predicted octanol–water partition coefficient (Wildman–Crippen LogP) is 5.63. The van der Waals surface area contributed by atoms with Gasteiger partial charge in [0.05, 0.1) is 5.52 Å². The van der Waals surface area contributed by atoms with Crippen molar-refractivity contribution in [2.24, 2.45) is 0 Å². The summed E-state index contributed by atoms with van der Waals surface area (Å²) < 4.78 is 0. The van der Waals surface area contributed by atoms with Gasteiger partial charge in [-0.2, -0.15) is 0 Å². The van der Waals surface area contributed by atoms with Gasteiger partial charge in [-0.1, -0.05) is 52.0 Å². The van der Waals surface area contributed by atoms with Crippen LogP contribution >= 0.6 is 0 Å². The SMILES string of the molecule is CC(C)c1cc2c(C(C)C)ccnc2c2ccccc12.